The number of hydrogen-bond donors (Lipinski definition) is 5. The van der Waals surface area contributed by atoms with Crippen LogP contribution in [0, 0.1) is 5.92 Å². The van der Waals surface area contributed by atoms with Crippen LogP contribution in [0.5, 0.6) is 0 Å². The molecule has 0 aliphatic rings. The number of ether oxygens (including phenoxy) is 1. The van der Waals surface area contributed by atoms with Crippen molar-refractivity contribution in [2.45, 2.75) is 173 Å². The summed E-state index contributed by atoms with van der Waals surface area (Å²) in [6.45, 7) is 2.79. The fourth-order valence-corrected chi connectivity index (χ4v) is 5.92. The van der Waals surface area contributed by atoms with E-state index < -0.39 is 42.7 Å². The number of rotatable bonds is 33. The van der Waals surface area contributed by atoms with Gasteiger partial charge in [-0.3, -0.25) is 14.5 Å². The van der Waals surface area contributed by atoms with Gasteiger partial charge in [0.25, 0.3) is 0 Å². The number of methoxy groups -OCH3 is 1. The number of carbonyl (C=O) groups is 2. The van der Waals surface area contributed by atoms with Crippen LogP contribution in [-0.4, -0.2) is 88.9 Å². The lowest BCUT2D eigenvalue weighted by molar-refractivity contribution is -0.143. The minimum absolute atomic E-state index is 0.160. The van der Waals surface area contributed by atoms with Crippen molar-refractivity contribution in [1.29, 1.82) is 0 Å². The number of aliphatic hydroxyl groups excluding tert-OH is 3. The standard InChI is InChI=1S/C35H70N2O7/c1-3-4-5-6-7-8-9-10-11-12-13-14-15-16-17-18-19-20-23-30(34(41)42)26-31(39)27-37(28-32(40)29-38)25-22-21-24-33(36)35(43)44-2/h30-33,38-40H,3-29,36H2,1-2H3,(H,41,42). The van der Waals surface area contributed by atoms with Crippen LogP contribution in [0.15, 0.2) is 0 Å². The van der Waals surface area contributed by atoms with Gasteiger partial charge >= 0.3 is 11.9 Å². The van der Waals surface area contributed by atoms with E-state index in [1.807, 2.05) is 4.90 Å². The molecule has 0 aromatic carbocycles. The lowest BCUT2D eigenvalue weighted by Gasteiger charge is -2.28. The Morgan fingerprint density at radius 1 is 0.682 bits per heavy atom. The minimum Gasteiger partial charge on any atom is -0.481 e. The van der Waals surface area contributed by atoms with E-state index >= 15 is 0 Å². The minimum atomic E-state index is -0.950. The molecule has 0 radical (unpaired) electrons. The van der Waals surface area contributed by atoms with Crippen molar-refractivity contribution in [1.82, 2.24) is 4.90 Å². The van der Waals surface area contributed by atoms with Crippen molar-refractivity contribution in [3.05, 3.63) is 0 Å². The van der Waals surface area contributed by atoms with E-state index in [9.17, 15) is 30.0 Å². The Balaban J connectivity index is 4.05. The number of aliphatic hydroxyl groups is 3. The second kappa shape index (κ2) is 30.4. The third-order valence-corrected chi connectivity index (χ3v) is 8.70. The normalized spacial score (nSPS) is 14.4. The molecule has 4 unspecified atom stereocenters. The van der Waals surface area contributed by atoms with Crippen LogP contribution in [0.2, 0.25) is 0 Å². The lowest BCUT2D eigenvalue weighted by atomic mass is 9.94. The van der Waals surface area contributed by atoms with Gasteiger partial charge in [-0.1, -0.05) is 129 Å². The molecule has 44 heavy (non-hydrogen) atoms. The predicted octanol–water partition coefficient (Wildman–Crippen LogP) is 6.20. The first-order valence-electron chi connectivity index (χ1n) is 18.0. The highest BCUT2D eigenvalue weighted by Crippen LogP contribution is 2.19. The van der Waals surface area contributed by atoms with Gasteiger partial charge in [-0.05, 0) is 32.2 Å². The third kappa shape index (κ3) is 26.0. The molecule has 0 saturated heterocycles. The van der Waals surface area contributed by atoms with E-state index in [2.05, 4.69) is 11.7 Å². The SMILES string of the molecule is CCCCCCCCCCCCCCCCCCCCC(CC(O)CN(CCCCC(N)C(=O)OC)CC(O)CO)C(=O)O. The summed E-state index contributed by atoms with van der Waals surface area (Å²) in [5.74, 6) is -1.94. The second-order valence-corrected chi connectivity index (χ2v) is 12.9. The van der Waals surface area contributed by atoms with Gasteiger partial charge in [0.05, 0.1) is 31.8 Å². The summed E-state index contributed by atoms with van der Waals surface area (Å²) in [5.41, 5.74) is 5.78. The summed E-state index contributed by atoms with van der Waals surface area (Å²) in [6.07, 6.45) is 24.0. The Kier molecular flexibility index (Phi) is 29.5. The van der Waals surface area contributed by atoms with Crippen LogP contribution in [-0.2, 0) is 14.3 Å². The number of hydrogen-bond acceptors (Lipinski definition) is 8. The van der Waals surface area contributed by atoms with Crippen molar-refractivity contribution < 1.29 is 34.8 Å². The van der Waals surface area contributed by atoms with E-state index in [-0.39, 0.29) is 19.5 Å². The number of carboxylic acids is 1. The molecule has 6 N–H and O–H groups in total. The summed E-state index contributed by atoms with van der Waals surface area (Å²) in [4.78, 5) is 25.2. The zero-order chi connectivity index (χ0) is 32.8. The molecule has 0 aromatic rings. The van der Waals surface area contributed by atoms with Crippen LogP contribution in [0.25, 0.3) is 0 Å². The molecule has 0 amide bonds. The van der Waals surface area contributed by atoms with E-state index in [1.165, 1.54) is 103 Å². The van der Waals surface area contributed by atoms with Crippen LogP contribution in [0.3, 0.4) is 0 Å². The van der Waals surface area contributed by atoms with Gasteiger partial charge < -0.3 is 30.9 Å². The highest BCUT2D eigenvalue weighted by atomic mass is 16.5. The highest BCUT2D eigenvalue weighted by Gasteiger charge is 2.23. The molecule has 0 aliphatic carbocycles. The predicted molar refractivity (Wildman–Crippen MR) is 179 cm³/mol. The van der Waals surface area contributed by atoms with E-state index in [1.54, 1.807) is 0 Å². The maximum absolute atomic E-state index is 11.9. The fraction of sp³-hybridized carbons (Fsp3) is 0.943. The Morgan fingerprint density at radius 2 is 1.11 bits per heavy atom. The number of unbranched alkanes of at least 4 members (excludes halogenated alkanes) is 18. The monoisotopic (exact) mass is 631 g/mol. The van der Waals surface area contributed by atoms with Gasteiger partial charge in [-0.2, -0.15) is 0 Å². The largest absolute Gasteiger partial charge is 0.481 e. The number of aliphatic carboxylic acids is 1. The van der Waals surface area contributed by atoms with Crippen LogP contribution in [0.4, 0.5) is 0 Å². The van der Waals surface area contributed by atoms with Crippen molar-refractivity contribution >= 4 is 11.9 Å². The number of nitrogens with zero attached hydrogens (tertiary/aromatic N) is 1. The first-order valence-corrected chi connectivity index (χ1v) is 18.0. The average Bonchev–Trinajstić information content (AvgIpc) is 3.00. The molecule has 0 aromatic heterocycles. The van der Waals surface area contributed by atoms with Gasteiger partial charge in [-0.25, -0.2) is 0 Å². The highest BCUT2D eigenvalue weighted by molar-refractivity contribution is 5.75. The van der Waals surface area contributed by atoms with Gasteiger partial charge in [0.15, 0.2) is 0 Å². The Labute approximate surface area is 269 Å². The molecule has 0 saturated carbocycles. The van der Waals surface area contributed by atoms with Crippen molar-refractivity contribution in [2.75, 3.05) is 33.4 Å². The summed E-state index contributed by atoms with van der Waals surface area (Å²) < 4.78 is 4.64. The van der Waals surface area contributed by atoms with Crippen molar-refractivity contribution in [2.24, 2.45) is 11.7 Å². The average molecular weight is 631 g/mol. The molecule has 0 aliphatic heterocycles. The number of carbonyl (C=O) groups excluding carboxylic acids is 1. The van der Waals surface area contributed by atoms with E-state index in [0.29, 0.717) is 32.2 Å². The maximum atomic E-state index is 11.9. The zero-order valence-corrected chi connectivity index (χ0v) is 28.4. The topological polar surface area (TPSA) is 154 Å². The molecular formula is C35H70N2O7. The molecule has 0 fully saturated rings. The molecule has 0 bridgehead atoms. The van der Waals surface area contributed by atoms with Crippen molar-refractivity contribution in [3.8, 4) is 0 Å². The number of esters is 1. The Bertz CT molecular complexity index is 667. The third-order valence-electron chi connectivity index (χ3n) is 8.70. The molecule has 262 valence electrons. The Hall–Kier alpha value is -1.26. The molecule has 0 rings (SSSR count). The molecule has 9 heteroatoms. The van der Waals surface area contributed by atoms with Gasteiger partial charge in [0.1, 0.15) is 6.04 Å². The molecule has 0 heterocycles. The summed E-state index contributed by atoms with van der Waals surface area (Å²) >= 11 is 0. The van der Waals surface area contributed by atoms with E-state index in [0.717, 1.165) is 19.3 Å². The van der Waals surface area contributed by atoms with Gasteiger partial charge in [0.2, 0.25) is 0 Å². The summed E-state index contributed by atoms with van der Waals surface area (Å²) in [7, 11) is 1.30. The fourth-order valence-electron chi connectivity index (χ4n) is 5.92. The molecule has 0 spiro atoms. The summed E-state index contributed by atoms with van der Waals surface area (Å²) in [6, 6.07) is -0.683. The second-order valence-electron chi connectivity index (χ2n) is 12.9. The van der Waals surface area contributed by atoms with Crippen LogP contribution < -0.4 is 5.73 Å². The first-order chi connectivity index (χ1) is 21.2. The van der Waals surface area contributed by atoms with Gasteiger partial charge in [0, 0.05) is 13.1 Å². The van der Waals surface area contributed by atoms with Crippen LogP contribution in [0.1, 0.15) is 155 Å². The van der Waals surface area contributed by atoms with Gasteiger partial charge in [-0.15, -0.1) is 0 Å². The van der Waals surface area contributed by atoms with Crippen molar-refractivity contribution in [3.63, 3.8) is 0 Å². The lowest BCUT2D eigenvalue weighted by Crippen LogP contribution is -2.41. The molecular weight excluding hydrogens is 560 g/mol. The van der Waals surface area contributed by atoms with E-state index in [4.69, 9.17) is 5.73 Å². The molecule has 9 nitrogen and oxygen atoms in total. The zero-order valence-electron chi connectivity index (χ0n) is 28.4. The number of carboxylic acid groups (broad SMARTS) is 1. The maximum Gasteiger partial charge on any atom is 0.322 e. The Morgan fingerprint density at radius 3 is 1.55 bits per heavy atom. The van der Waals surface area contributed by atoms with Crippen LogP contribution >= 0.6 is 0 Å². The smallest absolute Gasteiger partial charge is 0.322 e. The number of nitrogens with two attached hydrogens (primary N) is 1. The quantitative estimate of drug-likeness (QED) is 0.0421. The summed E-state index contributed by atoms with van der Waals surface area (Å²) in [5, 5.41) is 39.6. The first kappa shape index (κ1) is 42.7. The molecule has 4 atom stereocenters.